The van der Waals surface area contributed by atoms with Gasteiger partial charge in [0.25, 0.3) is 0 Å². The van der Waals surface area contributed by atoms with E-state index in [1.807, 2.05) is 40.8 Å². The first-order valence-electron chi connectivity index (χ1n) is 4.36. The molecule has 14 heavy (non-hydrogen) atoms. The van der Waals surface area contributed by atoms with Gasteiger partial charge in [-0.3, -0.25) is 0 Å². The fraction of sp³-hybridized carbons (Fsp3) is 0.200. The molecule has 0 aliphatic heterocycles. The maximum absolute atomic E-state index is 5.02. The van der Waals surface area contributed by atoms with Crippen LogP contribution in [0.2, 0.25) is 0 Å². The van der Waals surface area contributed by atoms with Gasteiger partial charge in [0.1, 0.15) is 0 Å². The Morgan fingerprint density at radius 3 is 2.57 bits per heavy atom. The molecule has 0 unspecified atom stereocenters. The number of aromatic nitrogens is 2. The Hall–Kier alpha value is -0.910. The summed E-state index contributed by atoms with van der Waals surface area (Å²) in [6.07, 6.45) is 1.75. The molecule has 2 rings (SSSR count). The van der Waals surface area contributed by atoms with Crippen molar-refractivity contribution in [3.63, 3.8) is 0 Å². The number of hydrogen-bond acceptors (Lipinski definition) is 3. The molecule has 0 radical (unpaired) electrons. The van der Waals surface area contributed by atoms with Crippen LogP contribution < -0.4 is 0 Å². The molecule has 4 heteroatoms. The van der Waals surface area contributed by atoms with Gasteiger partial charge in [-0.15, -0.1) is 0 Å². The summed E-state index contributed by atoms with van der Waals surface area (Å²) in [5, 5.41) is 3.73. The summed E-state index contributed by atoms with van der Waals surface area (Å²) >= 11 is 2.04. The molecule has 1 heterocycles. The monoisotopic (exact) mass is 300 g/mol. The molecular weight excluding hydrogens is 291 g/mol. The van der Waals surface area contributed by atoms with E-state index in [0.717, 1.165) is 12.8 Å². The maximum atomic E-state index is 5.02. The van der Waals surface area contributed by atoms with Crippen molar-refractivity contribution in [1.82, 2.24) is 10.1 Å². The molecule has 0 aliphatic carbocycles. The van der Waals surface area contributed by atoms with Gasteiger partial charge in [-0.1, -0.05) is 35.5 Å². The van der Waals surface area contributed by atoms with Crippen molar-refractivity contribution in [2.75, 3.05) is 0 Å². The number of halogens is 1. The van der Waals surface area contributed by atoms with Crippen LogP contribution in [0.3, 0.4) is 0 Å². The van der Waals surface area contributed by atoms with Gasteiger partial charge < -0.3 is 4.52 Å². The Balaban J connectivity index is 1.95. The van der Waals surface area contributed by atoms with Crippen LogP contribution >= 0.6 is 22.6 Å². The van der Waals surface area contributed by atoms with E-state index >= 15 is 0 Å². The average Bonchev–Trinajstić information content (AvgIpc) is 2.63. The lowest BCUT2D eigenvalue weighted by Crippen LogP contribution is -1.90. The van der Waals surface area contributed by atoms with E-state index in [9.17, 15) is 0 Å². The molecule has 0 saturated heterocycles. The van der Waals surface area contributed by atoms with Gasteiger partial charge >= 0.3 is 0 Å². The zero-order valence-electron chi connectivity index (χ0n) is 7.48. The van der Waals surface area contributed by atoms with Crippen molar-refractivity contribution in [3.05, 3.63) is 45.6 Å². The predicted molar refractivity (Wildman–Crippen MR) is 60.9 cm³/mol. The first kappa shape index (κ1) is 9.64. The highest BCUT2D eigenvalue weighted by atomic mass is 127. The lowest BCUT2D eigenvalue weighted by Gasteiger charge is -1.96. The number of rotatable bonds is 3. The van der Waals surface area contributed by atoms with Crippen LogP contribution in [0, 0.1) is 3.83 Å². The van der Waals surface area contributed by atoms with E-state index < -0.39 is 0 Å². The Morgan fingerprint density at radius 1 is 1.14 bits per heavy atom. The van der Waals surface area contributed by atoms with Crippen LogP contribution in [0.15, 0.2) is 34.9 Å². The summed E-state index contributed by atoms with van der Waals surface area (Å²) in [4.78, 5) is 4.13. The quantitative estimate of drug-likeness (QED) is 0.817. The van der Waals surface area contributed by atoms with E-state index in [0.29, 0.717) is 9.72 Å². The van der Waals surface area contributed by atoms with Gasteiger partial charge in [0.15, 0.2) is 0 Å². The second-order valence-corrected chi connectivity index (χ2v) is 3.91. The minimum Gasteiger partial charge on any atom is -0.339 e. The number of aryl methyl sites for hydroxylation is 2. The summed E-state index contributed by atoms with van der Waals surface area (Å²) in [6, 6.07) is 10.3. The van der Waals surface area contributed by atoms with Crippen molar-refractivity contribution >= 4 is 22.6 Å². The molecule has 2 aromatic rings. The maximum Gasteiger partial charge on any atom is 0.232 e. The SMILES string of the molecule is Ic1noc(CCc2ccccc2)n1. The second-order valence-electron chi connectivity index (χ2n) is 2.94. The fourth-order valence-corrected chi connectivity index (χ4v) is 1.60. The molecule has 3 nitrogen and oxygen atoms in total. The molecule has 0 fully saturated rings. The lowest BCUT2D eigenvalue weighted by molar-refractivity contribution is 0.375. The predicted octanol–water partition coefficient (Wildman–Crippen LogP) is 2.46. The summed E-state index contributed by atoms with van der Waals surface area (Å²) in [5.74, 6) is 0.707. The normalized spacial score (nSPS) is 10.4. The zero-order valence-corrected chi connectivity index (χ0v) is 9.64. The summed E-state index contributed by atoms with van der Waals surface area (Å²) < 4.78 is 5.69. The fourth-order valence-electron chi connectivity index (χ4n) is 1.23. The van der Waals surface area contributed by atoms with Crippen LogP contribution in [-0.4, -0.2) is 10.1 Å². The Kier molecular flexibility index (Phi) is 3.13. The standard InChI is InChI=1S/C10H9IN2O/c11-10-12-9(14-13-10)7-6-8-4-2-1-3-5-8/h1-5H,6-7H2. The molecule has 0 saturated carbocycles. The van der Waals surface area contributed by atoms with Crippen LogP contribution in [0.4, 0.5) is 0 Å². The molecule has 0 N–H and O–H groups in total. The van der Waals surface area contributed by atoms with E-state index in [1.54, 1.807) is 0 Å². The van der Waals surface area contributed by atoms with Crippen molar-refractivity contribution < 1.29 is 4.52 Å². The highest BCUT2D eigenvalue weighted by molar-refractivity contribution is 14.1. The molecule has 0 amide bonds. The van der Waals surface area contributed by atoms with Gasteiger partial charge in [-0.05, 0) is 12.0 Å². The van der Waals surface area contributed by atoms with Crippen LogP contribution in [0.25, 0.3) is 0 Å². The summed E-state index contributed by atoms with van der Waals surface area (Å²) in [6.45, 7) is 0. The van der Waals surface area contributed by atoms with E-state index in [-0.39, 0.29) is 0 Å². The van der Waals surface area contributed by atoms with Crippen LogP contribution in [0.1, 0.15) is 11.5 Å². The van der Waals surface area contributed by atoms with Crippen LogP contribution in [0.5, 0.6) is 0 Å². The summed E-state index contributed by atoms with van der Waals surface area (Å²) in [5.41, 5.74) is 1.29. The first-order chi connectivity index (χ1) is 6.84. The molecule has 0 bridgehead atoms. The third-order valence-electron chi connectivity index (χ3n) is 1.91. The first-order valence-corrected chi connectivity index (χ1v) is 5.44. The highest BCUT2D eigenvalue weighted by Crippen LogP contribution is 2.06. The molecule has 72 valence electrons. The summed E-state index contributed by atoms with van der Waals surface area (Å²) in [7, 11) is 0. The highest BCUT2D eigenvalue weighted by Gasteiger charge is 2.02. The third-order valence-corrected chi connectivity index (χ3v) is 2.35. The number of benzene rings is 1. The number of hydrogen-bond donors (Lipinski definition) is 0. The molecule has 1 aromatic carbocycles. The van der Waals surface area contributed by atoms with E-state index in [2.05, 4.69) is 22.3 Å². The molecule has 0 spiro atoms. The van der Waals surface area contributed by atoms with E-state index in [4.69, 9.17) is 4.52 Å². The zero-order chi connectivity index (χ0) is 9.80. The largest absolute Gasteiger partial charge is 0.339 e. The third kappa shape index (κ3) is 2.54. The minimum atomic E-state index is 0.672. The molecule has 1 aromatic heterocycles. The average molecular weight is 300 g/mol. The molecular formula is C10H9IN2O. The second kappa shape index (κ2) is 4.54. The van der Waals surface area contributed by atoms with Gasteiger partial charge in [0, 0.05) is 29.0 Å². The molecule has 0 aliphatic rings. The minimum absolute atomic E-state index is 0.672. The van der Waals surface area contributed by atoms with Gasteiger partial charge in [0.2, 0.25) is 9.72 Å². The van der Waals surface area contributed by atoms with Gasteiger partial charge in [0.05, 0.1) is 0 Å². The van der Waals surface area contributed by atoms with Crippen molar-refractivity contribution in [2.45, 2.75) is 12.8 Å². The van der Waals surface area contributed by atoms with E-state index in [1.165, 1.54) is 5.56 Å². The van der Waals surface area contributed by atoms with Crippen molar-refractivity contribution in [3.8, 4) is 0 Å². The molecule has 0 atom stereocenters. The Bertz CT molecular complexity index is 400. The Labute approximate surface area is 95.7 Å². The van der Waals surface area contributed by atoms with Gasteiger partial charge in [-0.25, -0.2) is 0 Å². The topological polar surface area (TPSA) is 38.9 Å². The van der Waals surface area contributed by atoms with Crippen molar-refractivity contribution in [2.24, 2.45) is 0 Å². The Morgan fingerprint density at radius 2 is 1.93 bits per heavy atom. The lowest BCUT2D eigenvalue weighted by atomic mass is 10.1. The van der Waals surface area contributed by atoms with Crippen molar-refractivity contribution in [1.29, 1.82) is 0 Å². The van der Waals surface area contributed by atoms with Crippen LogP contribution in [-0.2, 0) is 12.8 Å². The smallest absolute Gasteiger partial charge is 0.232 e. The number of nitrogens with zero attached hydrogens (tertiary/aromatic N) is 2. The van der Waals surface area contributed by atoms with Gasteiger partial charge in [-0.2, -0.15) is 4.98 Å².